The summed E-state index contributed by atoms with van der Waals surface area (Å²) in [6.45, 7) is 11.6. The van der Waals surface area contributed by atoms with Gasteiger partial charge in [-0.05, 0) is 24.1 Å². The van der Waals surface area contributed by atoms with Crippen molar-refractivity contribution in [1.82, 2.24) is 9.80 Å². The van der Waals surface area contributed by atoms with E-state index in [2.05, 4.69) is 4.85 Å². The third kappa shape index (κ3) is 2.11. The van der Waals surface area contributed by atoms with Crippen molar-refractivity contribution in [2.75, 3.05) is 13.8 Å². The lowest BCUT2D eigenvalue weighted by Crippen LogP contribution is -2.61. The Bertz CT molecular complexity index is 833. The first kappa shape index (κ1) is 16.7. The van der Waals surface area contributed by atoms with Crippen LogP contribution in [0.4, 0.5) is 0 Å². The Balaban J connectivity index is 1.82. The summed E-state index contributed by atoms with van der Waals surface area (Å²) >= 11 is 0. The molecule has 3 aliphatic rings. The maximum absolute atomic E-state index is 13.2. The Kier molecular flexibility index (Phi) is 3.62. The molecule has 1 unspecified atom stereocenters. The highest BCUT2D eigenvalue weighted by atomic mass is 16.7. The van der Waals surface area contributed by atoms with E-state index in [4.69, 9.17) is 16.0 Å². The molecule has 1 aromatic rings. The van der Waals surface area contributed by atoms with E-state index >= 15 is 0 Å². The first-order valence-electron chi connectivity index (χ1n) is 8.78. The quantitative estimate of drug-likeness (QED) is 0.761. The number of carbonyl (C=O) groups excluding carboxylic acids is 2. The summed E-state index contributed by atoms with van der Waals surface area (Å²) in [4.78, 5) is 33.1. The van der Waals surface area contributed by atoms with E-state index in [0.29, 0.717) is 24.3 Å². The zero-order chi connectivity index (χ0) is 18.6. The molecule has 0 N–H and O–H groups in total. The summed E-state index contributed by atoms with van der Waals surface area (Å²) in [5, 5.41) is 0. The predicted octanol–water partition coefficient (Wildman–Crippen LogP) is 1.99. The molecular formula is C19H21N3O4. The van der Waals surface area contributed by atoms with Gasteiger partial charge in [-0.1, -0.05) is 13.0 Å². The molecule has 0 saturated carbocycles. The standard InChI is InChI=1S/C19H21N3O4/c1-5-12-18(24)22-13(17(23)21(12)4)9-19(2,20-3)16(22)11-6-7-14-15(8-11)26-10-25-14/h6-8,12-13,16H,5,9-10H2,1-2,4H3/t12-,13+,16?,19+/m1/s1. The van der Waals surface area contributed by atoms with Gasteiger partial charge in [0.25, 0.3) is 5.54 Å². The lowest BCUT2D eigenvalue weighted by Gasteiger charge is -2.42. The summed E-state index contributed by atoms with van der Waals surface area (Å²) in [6.07, 6.45) is 0.883. The molecule has 2 amide bonds. The van der Waals surface area contributed by atoms with Gasteiger partial charge in [-0.15, -0.1) is 0 Å². The molecule has 0 bridgehead atoms. The van der Waals surface area contributed by atoms with Crippen molar-refractivity contribution in [3.63, 3.8) is 0 Å². The Morgan fingerprint density at radius 1 is 1.27 bits per heavy atom. The summed E-state index contributed by atoms with van der Waals surface area (Å²) < 4.78 is 10.8. The summed E-state index contributed by atoms with van der Waals surface area (Å²) in [7, 11) is 1.68. The van der Waals surface area contributed by atoms with E-state index in [9.17, 15) is 9.59 Å². The Labute approximate surface area is 152 Å². The molecule has 3 aliphatic heterocycles. The van der Waals surface area contributed by atoms with Crippen LogP contribution >= 0.6 is 0 Å². The van der Waals surface area contributed by atoms with Crippen molar-refractivity contribution in [3.05, 3.63) is 35.2 Å². The first-order chi connectivity index (χ1) is 12.4. The topological polar surface area (TPSA) is 63.4 Å². The zero-order valence-corrected chi connectivity index (χ0v) is 15.1. The number of carbonyl (C=O) groups is 2. The normalized spacial score (nSPS) is 32.6. The summed E-state index contributed by atoms with van der Waals surface area (Å²) in [5.74, 6) is 1.09. The third-order valence-corrected chi connectivity index (χ3v) is 5.80. The number of hydrogen-bond donors (Lipinski definition) is 0. The minimum absolute atomic E-state index is 0.0883. The van der Waals surface area contributed by atoms with Crippen LogP contribution in [0.1, 0.15) is 38.3 Å². The van der Waals surface area contributed by atoms with E-state index < -0.39 is 23.7 Å². The molecule has 4 atom stereocenters. The highest BCUT2D eigenvalue weighted by Gasteiger charge is 2.62. The zero-order valence-electron chi connectivity index (χ0n) is 15.1. The molecule has 0 spiro atoms. The van der Waals surface area contributed by atoms with Gasteiger partial charge in [-0.3, -0.25) is 9.59 Å². The largest absolute Gasteiger partial charge is 0.454 e. The highest BCUT2D eigenvalue weighted by molar-refractivity contribution is 5.98. The number of rotatable bonds is 2. The van der Waals surface area contributed by atoms with E-state index in [1.165, 1.54) is 4.90 Å². The van der Waals surface area contributed by atoms with Gasteiger partial charge >= 0.3 is 0 Å². The molecule has 7 nitrogen and oxygen atoms in total. The second-order valence-corrected chi connectivity index (χ2v) is 7.32. The summed E-state index contributed by atoms with van der Waals surface area (Å²) in [5.41, 5.74) is -0.0662. The lowest BCUT2D eigenvalue weighted by atomic mass is 9.87. The van der Waals surface area contributed by atoms with Crippen molar-refractivity contribution in [3.8, 4) is 11.5 Å². The number of amides is 2. The Hall–Kier alpha value is -2.75. The van der Waals surface area contributed by atoms with Gasteiger partial charge in [-0.2, -0.15) is 0 Å². The predicted molar refractivity (Wildman–Crippen MR) is 92.4 cm³/mol. The Morgan fingerprint density at radius 3 is 2.69 bits per heavy atom. The highest BCUT2D eigenvalue weighted by Crippen LogP contribution is 2.50. The van der Waals surface area contributed by atoms with Gasteiger partial charge in [0, 0.05) is 14.0 Å². The average molecular weight is 355 g/mol. The van der Waals surface area contributed by atoms with Gasteiger partial charge < -0.3 is 24.1 Å². The van der Waals surface area contributed by atoms with Crippen LogP contribution in [0.2, 0.25) is 0 Å². The molecule has 26 heavy (non-hydrogen) atoms. The van der Waals surface area contributed by atoms with Gasteiger partial charge in [-0.25, -0.2) is 6.57 Å². The van der Waals surface area contributed by atoms with Gasteiger partial charge in [0.05, 0.1) is 6.42 Å². The fourth-order valence-corrected chi connectivity index (χ4v) is 4.45. The molecule has 1 aromatic carbocycles. The van der Waals surface area contributed by atoms with E-state index in [1.54, 1.807) is 18.0 Å². The molecule has 4 rings (SSSR count). The van der Waals surface area contributed by atoms with Crippen LogP contribution in [0.15, 0.2) is 18.2 Å². The van der Waals surface area contributed by atoms with Crippen molar-refractivity contribution < 1.29 is 19.1 Å². The number of fused-ring (bicyclic) bond motifs is 2. The van der Waals surface area contributed by atoms with Crippen molar-refractivity contribution >= 4 is 11.8 Å². The van der Waals surface area contributed by atoms with E-state index in [1.807, 2.05) is 26.0 Å². The molecule has 2 saturated heterocycles. The maximum atomic E-state index is 13.2. The SMILES string of the molecule is [C-]#[N+][C@@]1(C)C[C@H]2C(=O)N(C)[C@H](CC)C(=O)N2C1c1ccc2c(c1)OCO2. The smallest absolute Gasteiger partial charge is 0.256 e. The monoisotopic (exact) mass is 355 g/mol. The van der Waals surface area contributed by atoms with Crippen molar-refractivity contribution in [2.45, 2.75) is 50.4 Å². The second kappa shape index (κ2) is 5.63. The van der Waals surface area contributed by atoms with Crippen LogP contribution in [0, 0.1) is 6.57 Å². The Morgan fingerprint density at radius 2 is 2.00 bits per heavy atom. The van der Waals surface area contributed by atoms with Crippen LogP contribution in [-0.2, 0) is 9.59 Å². The van der Waals surface area contributed by atoms with E-state index in [0.717, 1.165) is 5.56 Å². The van der Waals surface area contributed by atoms with Crippen LogP contribution in [-0.4, -0.2) is 53.1 Å². The minimum Gasteiger partial charge on any atom is -0.454 e. The van der Waals surface area contributed by atoms with E-state index in [-0.39, 0.29) is 18.6 Å². The van der Waals surface area contributed by atoms with Crippen LogP contribution in [0.3, 0.4) is 0 Å². The van der Waals surface area contributed by atoms with Gasteiger partial charge in [0.2, 0.25) is 18.6 Å². The molecule has 0 aliphatic carbocycles. The second-order valence-electron chi connectivity index (χ2n) is 7.32. The van der Waals surface area contributed by atoms with Gasteiger partial charge in [0.1, 0.15) is 18.1 Å². The first-order valence-corrected chi connectivity index (χ1v) is 8.78. The van der Waals surface area contributed by atoms with Crippen LogP contribution < -0.4 is 9.47 Å². The number of hydrogen-bond acceptors (Lipinski definition) is 4. The van der Waals surface area contributed by atoms with Crippen molar-refractivity contribution in [1.29, 1.82) is 0 Å². The molecule has 3 heterocycles. The molecule has 7 heteroatoms. The van der Waals surface area contributed by atoms with Crippen molar-refractivity contribution in [2.24, 2.45) is 0 Å². The molecule has 0 aromatic heterocycles. The van der Waals surface area contributed by atoms with Crippen LogP contribution in [0.25, 0.3) is 4.85 Å². The maximum Gasteiger partial charge on any atom is 0.256 e. The van der Waals surface area contributed by atoms with Crippen LogP contribution in [0.5, 0.6) is 11.5 Å². The third-order valence-electron chi connectivity index (χ3n) is 5.80. The minimum atomic E-state index is -0.868. The fraction of sp³-hybridized carbons (Fsp3) is 0.526. The summed E-state index contributed by atoms with van der Waals surface area (Å²) in [6, 6.07) is 3.93. The molecular weight excluding hydrogens is 334 g/mol. The number of piperazine rings is 1. The fourth-order valence-electron chi connectivity index (χ4n) is 4.45. The molecule has 0 radical (unpaired) electrons. The molecule has 2 fully saturated rings. The lowest BCUT2D eigenvalue weighted by molar-refractivity contribution is -0.160. The number of benzene rings is 1. The number of nitrogens with zero attached hydrogens (tertiary/aromatic N) is 3. The van der Waals surface area contributed by atoms with Gasteiger partial charge in [0.15, 0.2) is 11.5 Å². The molecule has 136 valence electrons. The number of ether oxygens (including phenoxy) is 2. The average Bonchev–Trinajstić information content (AvgIpc) is 3.22. The number of likely N-dealkylation sites (N-methyl/N-ethyl adjacent to an activating group) is 1.